The van der Waals surface area contributed by atoms with Gasteiger partial charge in [0.15, 0.2) is 11.6 Å². The van der Waals surface area contributed by atoms with E-state index in [9.17, 15) is 0 Å². The van der Waals surface area contributed by atoms with Gasteiger partial charge < -0.3 is 14.6 Å². The Hall–Kier alpha value is -2.34. The SMILES string of the molecule is Cc1ccc2c(NCCCN(C)C)nc(-c3cc4ccccc4o3)nc2c1C.Cl.Cl. The van der Waals surface area contributed by atoms with E-state index in [0.29, 0.717) is 11.6 Å². The average Bonchev–Trinajstić information content (AvgIpc) is 3.12. The number of fused-ring (bicyclic) bond motifs is 2. The molecule has 0 saturated heterocycles. The van der Waals surface area contributed by atoms with E-state index < -0.39 is 0 Å². The highest BCUT2D eigenvalue weighted by Gasteiger charge is 2.15. The topological polar surface area (TPSA) is 54.2 Å². The van der Waals surface area contributed by atoms with E-state index in [1.165, 1.54) is 11.1 Å². The van der Waals surface area contributed by atoms with Crippen molar-refractivity contribution in [3.8, 4) is 11.6 Å². The van der Waals surface area contributed by atoms with Crippen LogP contribution in [0.4, 0.5) is 5.82 Å². The molecule has 0 spiro atoms. The van der Waals surface area contributed by atoms with Crippen molar-refractivity contribution in [2.45, 2.75) is 20.3 Å². The van der Waals surface area contributed by atoms with E-state index in [1.54, 1.807) is 0 Å². The van der Waals surface area contributed by atoms with Crippen molar-refractivity contribution in [2.75, 3.05) is 32.5 Å². The van der Waals surface area contributed by atoms with Crippen molar-refractivity contribution in [2.24, 2.45) is 0 Å². The third kappa shape index (κ3) is 4.86. The third-order valence-corrected chi connectivity index (χ3v) is 5.11. The lowest BCUT2D eigenvalue weighted by Crippen LogP contribution is -2.17. The molecule has 0 radical (unpaired) electrons. The molecule has 2 heterocycles. The second-order valence-corrected chi connectivity index (χ2v) is 7.53. The number of furan rings is 1. The summed E-state index contributed by atoms with van der Waals surface area (Å²) in [5.74, 6) is 2.18. The highest BCUT2D eigenvalue weighted by Crippen LogP contribution is 2.31. The summed E-state index contributed by atoms with van der Waals surface area (Å²) in [4.78, 5) is 11.9. The van der Waals surface area contributed by atoms with Gasteiger partial charge in [-0.1, -0.05) is 24.3 Å². The number of benzene rings is 2. The maximum Gasteiger partial charge on any atom is 0.198 e. The zero-order valence-corrected chi connectivity index (χ0v) is 19.4. The Kier molecular flexibility index (Phi) is 8.07. The highest BCUT2D eigenvalue weighted by molar-refractivity contribution is 5.93. The van der Waals surface area contributed by atoms with E-state index >= 15 is 0 Å². The van der Waals surface area contributed by atoms with Crippen molar-refractivity contribution >= 4 is 52.5 Å². The second kappa shape index (κ2) is 10.1. The number of para-hydroxylation sites is 1. The standard InChI is InChI=1S/C23H26N4O.2ClH/c1-15-10-11-18-21(16(15)2)25-23(26-22(18)24-12-7-13-27(3)4)20-14-17-8-5-6-9-19(17)28-20;;/h5-6,8-11,14H,7,12-13H2,1-4H3,(H,24,25,26);2*1H. The Morgan fingerprint density at radius 3 is 2.50 bits per heavy atom. The molecule has 7 heteroatoms. The van der Waals surface area contributed by atoms with Gasteiger partial charge in [-0.25, -0.2) is 9.97 Å². The van der Waals surface area contributed by atoms with Crippen LogP contribution in [-0.4, -0.2) is 42.1 Å². The minimum atomic E-state index is 0. The maximum absolute atomic E-state index is 6.03. The lowest BCUT2D eigenvalue weighted by Gasteiger charge is -2.14. The van der Waals surface area contributed by atoms with Crippen LogP contribution in [0.1, 0.15) is 17.5 Å². The summed E-state index contributed by atoms with van der Waals surface area (Å²) in [6.45, 7) is 6.12. The Labute approximate surface area is 189 Å². The Morgan fingerprint density at radius 2 is 1.77 bits per heavy atom. The molecule has 0 fully saturated rings. The zero-order chi connectivity index (χ0) is 19.7. The highest BCUT2D eigenvalue weighted by atomic mass is 35.5. The summed E-state index contributed by atoms with van der Waals surface area (Å²) in [5.41, 5.74) is 4.22. The van der Waals surface area contributed by atoms with Crippen molar-refractivity contribution in [3.63, 3.8) is 0 Å². The molecule has 1 N–H and O–H groups in total. The predicted octanol–water partition coefficient (Wildman–Crippen LogP) is 5.87. The van der Waals surface area contributed by atoms with Crippen LogP contribution in [0.25, 0.3) is 33.5 Å². The molecule has 2 aromatic heterocycles. The van der Waals surface area contributed by atoms with Crippen LogP contribution in [0.15, 0.2) is 46.9 Å². The van der Waals surface area contributed by atoms with E-state index in [2.05, 4.69) is 50.3 Å². The van der Waals surface area contributed by atoms with Gasteiger partial charge in [0, 0.05) is 17.3 Å². The van der Waals surface area contributed by atoms with Gasteiger partial charge in [0.2, 0.25) is 0 Å². The number of hydrogen-bond acceptors (Lipinski definition) is 5. The lowest BCUT2D eigenvalue weighted by atomic mass is 10.1. The summed E-state index contributed by atoms with van der Waals surface area (Å²) in [6, 6.07) is 14.2. The van der Waals surface area contributed by atoms with Gasteiger partial charge in [0.1, 0.15) is 11.4 Å². The fraction of sp³-hybridized carbons (Fsp3) is 0.304. The van der Waals surface area contributed by atoms with Crippen LogP contribution in [-0.2, 0) is 0 Å². The number of nitrogens with zero attached hydrogens (tertiary/aromatic N) is 3. The molecule has 0 aliphatic heterocycles. The van der Waals surface area contributed by atoms with Crippen LogP contribution in [0.2, 0.25) is 0 Å². The first-order chi connectivity index (χ1) is 13.5. The minimum absolute atomic E-state index is 0. The van der Waals surface area contributed by atoms with E-state index in [4.69, 9.17) is 14.4 Å². The van der Waals surface area contributed by atoms with Gasteiger partial charge in [-0.15, -0.1) is 24.8 Å². The fourth-order valence-electron chi connectivity index (χ4n) is 3.37. The quantitative estimate of drug-likeness (QED) is 0.375. The summed E-state index contributed by atoms with van der Waals surface area (Å²) in [6.07, 6.45) is 1.04. The Balaban J connectivity index is 0.00000160. The molecule has 5 nitrogen and oxygen atoms in total. The number of halogens is 2. The van der Waals surface area contributed by atoms with Crippen LogP contribution >= 0.6 is 24.8 Å². The number of rotatable bonds is 6. The molecule has 0 bridgehead atoms. The van der Waals surface area contributed by atoms with Crippen LogP contribution in [0.3, 0.4) is 0 Å². The molecule has 0 atom stereocenters. The molecule has 2 aromatic carbocycles. The molecule has 0 amide bonds. The minimum Gasteiger partial charge on any atom is -0.453 e. The van der Waals surface area contributed by atoms with Crippen molar-refractivity contribution in [3.05, 3.63) is 53.6 Å². The monoisotopic (exact) mass is 446 g/mol. The molecule has 30 heavy (non-hydrogen) atoms. The second-order valence-electron chi connectivity index (χ2n) is 7.53. The average molecular weight is 447 g/mol. The molecule has 0 aliphatic carbocycles. The first kappa shape index (κ1) is 23.9. The van der Waals surface area contributed by atoms with Gasteiger partial charge >= 0.3 is 0 Å². The van der Waals surface area contributed by atoms with Crippen LogP contribution in [0, 0.1) is 13.8 Å². The van der Waals surface area contributed by atoms with E-state index in [-0.39, 0.29) is 24.8 Å². The van der Waals surface area contributed by atoms with Crippen molar-refractivity contribution in [1.82, 2.24) is 14.9 Å². The predicted molar refractivity (Wildman–Crippen MR) is 130 cm³/mol. The number of nitrogens with one attached hydrogen (secondary N) is 1. The number of aromatic nitrogens is 2. The van der Waals surface area contributed by atoms with Gasteiger partial charge in [0.25, 0.3) is 0 Å². The molecule has 0 saturated carbocycles. The van der Waals surface area contributed by atoms with Crippen LogP contribution in [0.5, 0.6) is 0 Å². The molecule has 4 rings (SSSR count). The molecule has 160 valence electrons. The van der Waals surface area contributed by atoms with Gasteiger partial charge in [-0.3, -0.25) is 0 Å². The third-order valence-electron chi connectivity index (χ3n) is 5.11. The molecule has 0 unspecified atom stereocenters. The Bertz CT molecular complexity index is 1110. The molecule has 0 aliphatic rings. The molecular formula is C23H28Cl2N4O. The van der Waals surface area contributed by atoms with E-state index in [1.807, 2.05) is 30.3 Å². The fourth-order valence-corrected chi connectivity index (χ4v) is 3.37. The summed E-state index contributed by atoms with van der Waals surface area (Å²) < 4.78 is 6.03. The number of anilines is 1. The van der Waals surface area contributed by atoms with E-state index in [0.717, 1.165) is 47.2 Å². The lowest BCUT2D eigenvalue weighted by molar-refractivity contribution is 0.405. The molecule has 4 aromatic rings. The van der Waals surface area contributed by atoms with Crippen molar-refractivity contribution < 1.29 is 4.42 Å². The first-order valence-corrected chi connectivity index (χ1v) is 9.68. The van der Waals surface area contributed by atoms with Crippen LogP contribution < -0.4 is 5.32 Å². The first-order valence-electron chi connectivity index (χ1n) is 9.68. The van der Waals surface area contributed by atoms with Gasteiger partial charge in [-0.05, 0) is 70.2 Å². The largest absolute Gasteiger partial charge is 0.453 e. The number of aryl methyl sites for hydroxylation is 2. The van der Waals surface area contributed by atoms with Crippen molar-refractivity contribution in [1.29, 1.82) is 0 Å². The summed E-state index contributed by atoms with van der Waals surface area (Å²) in [5, 5.41) is 5.62. The summed E-state index contributed by atoms with van der Waals surface area (Å²) >= 11 is 0. The smallest absolute Gasteiger partial charge is 0.198 e. The zero-order valence-electron chi connectivity index (χ0n) is 17.7. The van der Waals surface area contributed by atoms with Gasteiger partial charge in [-0.2, -0.15) is 0 Å². The Morgan fingerprint density at radius 1 is 1.00 bits per heavy atom. The van der Waals surface area contributed by atoms with Gasteiger partial charge in [0.05, 0.1) is 5.52 Å². The number of hydrogen-bond donors (Lipinski definition) is 1. The normalized spacial score (nSPS) is 10.8. The molecular weight excluding hydrogens is 419 g/mol. The maximum atomic E-state index is 6.03. The summed E-state index contributed by atoms with van der Waals surface area (Å²) in [7, 11) is 4.18.